The molecule has 0 amide bonds. The summed E-state index contributed by atoms with van der Waals surface area (Å²) >= 11 is 6.43. The predicted octanol–water partition coefficient (Wildman–Crippen LogP) is 5.35. The zero-order chi connectivity index (χ0) is 17.6. The molecule has 4 rings (SSSR count). The Morgan fingerprint density at radius 2 is 1.68 bits per heavy atom. The predicted molar refractivity (Wildman–Crippen MR) is 100 cm³/mol. The maximum Gasteiger partial charge on any atom is 0.167 e. The first kappa shape index (κ1) is 16.1. The first-order chi connectivity index (χ1) is 12.0. The standard InChI is InChI=1S/C21H19ClN2O/c1-21(2)12-16-19(18(25)13-21)20(14-8-4-3-5-9-14)24(23-16)17-11-7-6-10-15(17)22/h3-11H,12-13H2,1-2H3. The highest BCUT2D eigenvalue weighted by Gasteiger charge is 2.36. The number of nitrogens with zero attached hydrogens (tertiary/aromatic N) is 2. The molecule has 1 aliphatic rings. The molecule has 0 spiro atoms. The van der Waals surface area contributed by atoms with Crippen molar-refractivity contribution >= 4 is 17.4 Å². The number of carbonyl (C=O) groups is 1. The molecule has 0 radical (unpaired) electrons. The van der Waals surface area contributed by atoms with Crippen LogP contribution in [0.3, 0.4) is 0 Å². The molecular formula is C21H19ClN2O. The van der Waals surface area contributed by atoms with E-state index in [1.54, 1.807) is 0 Å². The van der Waals surface area contributed by atoms with Gasteiger partial charge in [-0.1, -0.05) is 67.9 Å². The molecule has 0 saturated carbocycles. The van der Waals surface area contributed by atoms with Crippen LogP contribution in [0, 0.1) is 5.41 Å². The van der Waals surface area contributed by atoms with E-state index in [1.807, 2.05) is 59.3 Å². The van der Waals surface area contributed by atoms with Gasteiger partial charge in [-0.2, -0.15) is 5.10 Å². The van der Waals surface area contributed by atoms with E-state index >= 15 is 0 Å². The van der Waals surface area contributed by atoms with Gasteiger partial charge in [-0.3, -0.25) is 4.79 Å². The highest BCUT2D eigenvalue weighted by Crippen LogP contribution is 2.40. The number of halogens is 1. The Hall–Kier alpha value is -2.39. The molecule has 25 heavy (non-hydrogen) atoms. The SMILES string of the molecule is CC1(C)CC(=O)c2c(nn(-c3ccccc3Cl)c2-c2ccccc2)C1. The molecule has 2 aromatic carbocycles. The summed E-state index contributed by atoms with van der Waals surface area (Å²) in [6.45, 7) is 4.23. The summed E-state index contributed by atoms with van der Waals surface area (Å²) < 4.78 is 1.83. The Bertz CT molecular complexity index is 957. The van der Waals surface area contributed by atoms with E-state index in [0.29, 0.717) is 11.4 Å². The van der Waals surface area contributed by atoms with Gasteiger partial charge in [0.25, 0.3) is 0 Å². The molecule has 0 fully saturated rings. The number of fused-ring (bicyclic) bond motifs is 1. The van der Waals surface area contributed by atoms with Crippen LogP contribution in [0.5, 0.6) is 0 Å². The Kier molecular flexibility index (Phi) is 3.77. The molecule has 4 heteroatoms. The molecule has 1 aliphatic carbocycles. The van der Waals surface area contributed by atoms with E-state index in [0.717, 1.165) is 34.6 Å². The maximum atomic E-state index is 12.9. The maximum absolute atomic E-state index is 12.9. The highest BCUT2D eigenvalue weighted by molar-refractivity contribution is 6.32. The normalized spacial score (nSPS) is 15.9. The molecule has 0 atom stereocenters. The van der Waals surface area contributed by atoms with Crippen LogP contribution in [0.2, 0.25) is 5.02 Å². The molecule has 0 unspecified atom stereocenters. The van der Waals surface area contributed by atoms with E-state index in [1.165, 1.54) is 0 Å². The molecule has 0 saturated heterocycles. The minimum atomic E-state index is -0.0717. The van der Waals surface area contributed by atoms with Crippen LogP contribution in [0.15, 0.2) is 54.6 Å². The van der Waals surface area contributed by atoms with Crippen molar-refractivity contribution in [2.24, 2.45) is 5.41 Å². The number of aromatic nitrogens is 2. The minimum Gasteiger partial charge on any atom is -0.294 e. The van der Waals surface area contributed by atoms with Gasteiger partial charge in [0.15, 0.2) is 5.78 Å². The van der Waals surface area contributed by atoms with Gasteiger partial charge in [-0.15, -0.1) is 0 Å². The summed E-state index contributed by atoms with van der Waals surface area (Å²) in [6, 6.07) is 17.5. The minimum absolute atomic E-state index is 0.0717. The Labute approximate surface area is 152 Å². The average Bonchev–Trinajstić information content (AvgIpc) is 2.94. The van der Waals surface area contributed by atoms with Crippen LogP contribution in [0.25, 0.3) is 16.9 Å². The monoisotopic (exact) mass is 350 g/mol. The number of Topliss-reactive ketones (excluding diaryl/α,β-unsaturated/α-hetero) is 1. The van der Waals surface area contributed by atoms with Crippen LogP contribution >= 0.6 is 11.6 Å². The lowest BCUT2D eigenvalue weighted by Crippen LogP contribution is -2.26. The van der Waals surface area contributed by atoms with Crippen LogP contribution in [0.4, 0.5) is 0 Å². The van der Waals surface area contributed by atoms with E-state index < -0.39 is 0 Å². The average molecular weight is 351 g/mol. The van der Waals surface area contributed by atoms with Gasteiger partial charge in [0, 0.05) is 12.0 Å². The largest absolute Gasteiger partial charge is 0.294 e. The summed E-state index contributed by atoms with van der Waals surface area (Å²) in [4.78, 5) is 12.9. The second-order valence-electron chi connectivity index (χ2n) is 7.34. The van der Waals surface area contributed by atoms with Gasteiger partial charge < -0.3 is 0 Å². The summed E-state index contributed by atoms with van der Waals surface area (Å²) in [6.07, 6.45) is 1.32. The molecule has 0 N–H and O–H groups in total. The lowest BCUT2D eigenvalue weighted by Gasteiger charge is -2.27. The molecule has 1 heterocycles. The summed E-state index contributed by atoms with van der Waals surface area (Å²) in [7, 11) is 0. The zero-order valence-electron chi connectivity index (χ0n) is 14.3. The van der Waals surface area contributed by atoms with Crippen molar-refractivity contribution in [3.8, 4) is 16.9 Å². The van der Waals surface area contributed by atoms with Crippen molar-refractivity contribution in [2.45, 2.75) is 26.7 Å². The van der Waals surface area contributed by atoms with Gasteiger partial charge in [-0.05, 0) is 24.0 Å². The van der Waals surface area contributed by atoms with Crippen molar-refractivity contribution in [3.05, 3.63) is 70.9 Å². The van der Waals surface area contributed by atoms with Crippen molar-refractivity contribution in [2.75, 3.05) is 0 Å². The molecular weight excluding hydrogens is 332 g/mol. The molecule has 3 nitrogen and oxygen atoms in total. The van der Waals surface area contributed by atoms with E-state index in [9.17, 15) is 4.79 Å². The van der Waals surface area contributed by atoms with Crippen LogP contribution < -0.4 is 0 Å². The number of hydrogen-bond donors (Lipinski definition) is 0. The summed E-state index contributed by atoms with van der Waals surface area (Å²) in [5, 5.41) is 5.43. The third kappa shape index (κ3) is 2.79. The number of benzene rings is 2. The van der Waals surface area contributed by atoms with Gasteiger partial charge in [0.05, 0.1) is 27.7 Å². The Balaban J connectivity index is 2.03. The Morgan fingerprint density at radius 3 is 2.40 bits per heavy atom. The van der Waals surface area contributed by atoms with E-state index in [2.05, 4.69) is 13.8 Å². The molecule has 126 valence electrons. The van der Waals surface area contributed by atoms with Crippen molar-refractivity contribution in [1.82, 2.24) is 9.78 Å². The molecule has 3 aromatic rings. The first-order valence-electron chi connectivity index (χ1n) is 8.42. The number of carbonyl (C=O) groups excluding carboxylic acids is 1. The number of ketones is 1. The van der Waals surface area contributed by atoms with Crippen LogP contribution in [0.1, 0.15) is 36.3 Å². The third-order valence-corrected chi connectivity index (χ3v) is 4.97. The first-order valence-corrected chi connectivity index (χ1v) is 8.79. The Morgan fingerprint density at radius 1 is 1.00 bits per heavy atom. The van der Waals surface area contributed by atoms with Crippen LogP contribution in [-0.2, 0) is 6.42 Å². The fourth-order valence-corrected chi connectivity index (χ4v) is 3.80. The van der Waals surface area contributed by atoms with Gasteiger partial charge >= 0.3 is 0 Å². The van der Waals surface area contributed by atoms with Gasteiger partial charge in [0.2, 0.25) is 0 Å². The second kappa shape index (κ2) is 5.85. The molecule has 1 aromatic heterocycles. The third-order valence-electron chi connectivity index (χ3n) is 4.65. The fourth-order valence-electron chi connectivity index (χ4n) is 3.58. The van der Waals surface area contributed by atoms with Crippen molar-refractivity contribution in [3.63, 3.8) is 0 Å². The molecule has 0 bridgehead atoms. The quantitative estimate of drug-likeness (QED) is 0.624. The number of rotatable bonds is 2. The van der Waals surface area contributed by atoms with Crippen LogP contribution in [-0.4, -0.2) is 15.6 Å². The smallest absolute Gasteiger partial charge is 0.167 e. The van der Waals surface area contributed by atoms with E-state index in [4.69, 9.17) is 16.7 Å². The highest BCUT2D eigenvalue weighted by atomic mass is 35.5. The lowest BCUT2D eigenvalue weighted by atomic mass is 9.75. The summed E-state index contributed by atoms with van der Waals surface area (Å²) in [5.41, 5.74) is 4.14. The summed E-state index contributed by atoms with van der Waals surface area (Å²) in [5.74, 6) is 0.156. The molecule has 0 aliphatic heterocycles. The lowest BCUT2D eigenvalue weighted by molar-refractivity contribution is 0.0912. The van der Waals surface area contributed by atoms with E-state index in [-0.39, 0.29) is 11.2 Å². The van der Waals surface area contributed by atoms with Gasteiger partial charge in [-0.25, -0.2) is 4.68 Å². The zero-order valence-corrected chi connectivity index (χ0v) is 15.0. The topological polar surface area (TPSA) is 34.9 Å². The fraction of sp³-hybridized carbons (Fsp3) is 0.238. The van der Waals surface area contributed by atoms with Gasteiger partial charge in [0.1, 0.15) is 0 Å². The second-order valence-corrected chi connectivity index (χ2v) is 7.75. The van der Waals surface area contributed by atoms with Crippen molar-refractivity contribution < 1.29 is 4.79 Å². The van der Waals surface area contributed by atoms with Crippen molar-refractivity contribution in [1.29, 1.82) is 0 Å². The number of para-hydroxylation sites is 1. The number of hydrogen-bond acceptors (Lipinski definition) is 2.